The summed E-state index contributed by atoms with van der Waals surface area (Å²) in [6, 6.07) is 4.48. The number of aryl methyl sites for hydroxylation is 1. The molecule has 0 bridgehead atoms. The van der Waals surface area contributed by atoms with Gasteiger partial charge in [0.05, 0.1) is 25.5 Å². The monoisotopic (exact) mass is 359 g/mol. The molecule has 6 heteroatoms. The summed E-state index contributed by atoms with van der Waals surface area (Å²) in [5.41, 5.74) is 2.79. The highest BCUT2D eigenvalue weighted by Gasteiger charge is 2.26. The van der Waals surface area contributed by atoms with E-state index in [9.17, 15) is 0 Å². The fraction of sp³-hybridized carbons (Fsp3) is 0.550. The van der Waals surface area contributed by atoms with Gasteiger partial charge in [-0.3, -0.25) is 4.90 Å². The van der Waals surface area contributed by atoms with Crippen LogP contribution in [0, 0.1) is 13.8 Å². The van der Waals surface area contributed by atoms with Crippen molar-refractivity contribution >= 4 is 0 Å². The SMILES string of the molecule is COc1ccc(-c2nc(CN3CC[C@H](N(C)C)C3)c(C)o2)c(OC)c1C. The van der Waals surface area contributed by atoms with Crippen LogP contribution in [-0.2, 0) is 6.54 Å². The lowest BCUT2D eigenvalue weighted by Gasteiger charge is -2.19. The molecular weight excluding hydrogens is 330 g/mol. The predicted octanol–water partition coefficient (Wildman–Crippen LogP) is 3.11. The molecule has 3 rings (SSSR count). The Labute approximate surface area is 155 Å². The molecule has 6 nitrogen and oxygen atoms in total. The first-order chi connectivity index (χ1) is 12.4. The molecule has 2 heterocycles. The Morgan fingerprint density at radius 3 is 2.62 bits per heavy atom. The van der Waals surface area contributed by atoms with E-state index in [1.54, 1.807) is 14.2 Å². The fourth-order valence-electron chi connectivity index (χ4n) is 3.61. The number of oxazole rings is 1. The zero-order chi connectivity index (χ0) is 18.8. The summed E-state index contributed by atoms with van der Waals surface area (Å²) in [4.78, 5) is 9.51. The molecule has 0 amide bonds. The van der Waals surface area contributed by atoms with Crippen LogP contribution in [0.25, 0.3) is 11.5 Å². The van der Waals surface area contributed by atoms with Crippen LogP contribution in [0.4, 0.5) is 0 Å². The summed E-state index contributed by atoms with van der Waals surface area (Å²) in [5, 5.41) is 0. The quantitative estimate of drug-likeness (QED) is 0.790. The minimum absolute atomic E-state index is 0.600. The second-order valence-electron chi connectivity index (χ2n) is 7.14. The molecule has 1 aliphatic heterocycles. The predicted molar refractivity (Wildman–Crippen MR) is 102 cm³/mol. The molecule has 2 aromatic rings. The molecule has 1 atom stereocenters. The van der Waals surface area contributed by atoms with Gasteiger partial charge in [0.15, 0.2) is 0 Å². The number of likely N-dealkylation sites (N-methyl/N-ethyl adjacent to an activating group) is 1. The van der Waals surface area contributed by atoms with Gasteiger partial charge in [0, 0.05) is 31.2 Å². The van der Waals surface area contributed by atoms with Crippen molar-refractivity contribution < 1.29 is 13.9 Å². The lowest BCUT2D eigenvalue weighted by molar-refractivity contribution is 0.262. The number of aromatic nitrogens is 1. The zero-order valence-electron chi connectivity index (χ0n) is 16.6. The van der Waals surface area contributed by atoms with Crippen molar-refractivity contribution in [3.8, 4) is 23.0 Å². The Kier molecular flexibility index (Phi) is 5.53. The molecule has 1 aromatic carbocycles. The average Bonchev–Trinajstić information content (AvgIpc) is 3.22. The third kappa shape index (κ3) is 3.57. The van der Waals surface area contributed by atoms with Crippen molar-refractivity contribution in [2.75, 3.05) is 41.4 Å². The van der Waals surface area contributed by atoms with Crippen LogP contribution in [0.15, 0.2) is 16.5 Å². The lowest BCUT2D eigenvalue weighted by Crippen LogP contribution is -2.31. The van der Waals surface area contributed by atoms with E-state index in [1.165, 1.54) is 6.42 Å². The van der Waals surface area contributed by atoms with E-state index in [-0.39, 0.29) is 0 Å². The summed E-state index contributed by atoms with van der Waals surface area (Å²) in [5.74, 6) is 3.00. The summed E-state index contributed by atoms with van der Waals surface area (Å²) in [6.45, 7) is 6.93. The van der Waals surface area contributed by atoms with E-state index in [0.717, 1.165) is 53.7 Å². The van der Waals surface area contributed by atoms with E-state index in [2.05, 4.69) is 23.9 Å². The largest absolute Gasteiger partial charge is 0.496 e. The van der Waals surface area contributed by atoms with Gasteiger partial charge >= 0.3 is 0 Å². The van der Waals surface area contributed by atoms with Crippen LogP contribution in [-0.4, -0.2) is 62.2 Å². The van der Waals surface area contributed by atoms with Gasteiger partial charge in [-0.1, -0.05) is 0 Å². The van der Waals surface area contributed by atoms with Crippen LogP contribution in [0.1, 0.15) is 23.4 Å². The molecular formula is C20H29N3O3. The highest BCUT2D eigenvalue weighted by molar-refractivity contribution is 5.68. The zero-order valence-corrected chi connectivity index (χ0v) is 16.6. The Balaban J connectivity index is 1.84. The van der Waals surface area contributed by atoms with Crippen LogP contribution >= 0.6 is 0 Å². The number of hydrogen-bond donors (Lipinski definition) is 0. The van der Waals surface area contributed by atoms with Crippen LogP contribution < -0.4 is 9.47 Å². The molecule has 1 fully saturated rings. The number of benzene rings is 1. The number of rotatable bonds is 6. The third-order valence-corrected chi connectivity index (χ3v) is 5.25. The third-order valence-electron chi connectivity index (χ3n) is 5.25. The number of nitrogens with zero attached hydrogens (tertiary/aromatic N) is 3. The van der Waals surface area contributed by atoms with E-state index >= 15 is 0 Å². The van der Waals surface area contributed by atoms with E-state index in [1.807, 2.05) is 26.0 Å². The smallest absolute Gasteiger partial charge is 0.230 e. The molecule has 0 aliphatic carbocycles. The molecule has 0 unspecified atom stereocenters. The molecule has 0 saturated carbocycles. The highest BCUT2D eigenvalue weighted by Crippen LogP contribution is 2.38. The van der Waals surface area contributed by atoms with Gasteiger partial charge in [0.1, 0.15) is 17.3 Å². The maximum atomic E-state index is 5.99. The van der Waals surface area contributed by atoms with Gasteiger partial charge in [0.25, 0.3) is 0 Å². The molecule has 1 saturated heterocycles. The summed E-state index contributed by atoms with van der Waals surface area (Å²) < 4.78 is 17.0. The summed E-state index contributed by atoms with van der Waals surface area (Å²) in [7, 11) is 7.61. The summed E-state index contributed by atoms with van der Waals surface area (Å²) in [6.07, 6.45) is 1.20. The van der Waals surface area contributed by atoms with Gasteiger partial charge in [-0.2, -0.15) is 0 Å². The maximum Gasteiger partial charge on any atom is 0.230 e. The normalized spacial score (nSPS) is 17.9. The topological polar surface area (TPSA) is 51.0 Å². The second kappa shape index (κ2) is 7.68. The molecule has 0 N–H and O–H groups in total. The number of hydrogen-bond acceptors (Lipinski definition) is 6. The van der Waals surface area contributed by atoms with Gasteiger partial charge in [-0.25, -0.2) is 4.98 Å². The van der Waals surface area contributed by atoms with Crippen LogP contribution in [0.3, 0.4) is 0 Å². The highest BCUT2D eigenvalue weighted by atomic mass is 16.5. The maximum absolute atomic E-state index is 5.99. The minimum Gasteiger partial charge on any atom is -0.496 e. The molecule has 0 spiro atoms. The molecule has 1 aliphatic rings. The Hall–Kier alpha value is -2.05. The first-order valence-corrected chi connectivity index (χ1v) is 9.01. The standard InChI is InChI=1S/C20H29N3O3/c1-13-18(24-5)8-7-16(19(13)25-6)20-21-17(14(2)26-20)12-23-10-9-15(11-23)22(3)4/h7-8,15H,9-12H2,1-6H3/t15-/m0/s1. The summed E-state index contributed by atoms with van der Waals surface area (Å²) >= 11 is 0. The number of methoxy groups -OCH3 is 2. The van der Waals surface area contributed by atoms with Crippen molar-refractivity contribution in [1.29, 1.82) is 0 Å². The number of ether oxygens (including phenoxy) is 2. The first kappa shape index (κ1) is 18.7. The lowest BCUT2D eigenvalue weighted by atomic mass is 10.1. The molecule has 142 valence electrons. The van der Waals surface area contributed by atoms with Crippen molar-refractivity contribution in [2.45, 2.75) is 32.9 Å². The first-order valence-electron chi connectivity index (χ1n) is 9.01. The second-order valence-corrected chi connectivity index (χ2v) is 7.14. The average molecular weight is 359 g/mol. The van der Waals surface area contributed by atoms with E-state index in [4.69, 9.17) is 18.9 Å². The van der Waals surface area contributed by atoms with Gasteiger partial charge in [-0.05, 0) is 46.5 Å². The molecule has 0 radical (unpaired) electrons. The van der Waals surface area contributed by atoms with Gasteiger partial charge < -0.3 is 18.8 Å². The Morgan fingerprint density at radius 1 is 1.23 bits per heavy atom. The molecule has 1 aromatic heterocycles. The van der Waals surface area contributed by atoms with Crippen molar-refractivity contribution in [2.24, 2.45) is 0 Å². The molecule has 26 heavy (non-hydrogen) atoms. The number of likely N-dealkylation sites (tertiary alicyclic amines) is 1. The Bertz CT molecular complexity index is 770. The van der Waals surface area contributed by atoms with Crippen LogP contribution in [0.2, 0.25) is 0 Å². The van der Waals surface area contributed by atoms with E-state index in [0.29, 0.717) is 11.9 Å². The van der Waals surface area contributed by atoms with Gasteiger partial charge in [-0.15, -0.1) is 0 Å². The fourth-order valence-corrected chi connectivity index (χ4v) is 3.61. The Morgan fingerprint density at radius 2 is 2.00 bits per heavy atom. The van der Waals surface area contributed by atoms with Crippen molar-refractivity contribution in [3.63, 3.8) is 0 Å². The van der Waals surface area contributed by atoms with Gasteiger partial charge in [0.2, 0.25) is 5.89 Å². The van der Waals surface area contributed by atoms with Crippen LogP contribution in [0.5, 0.6) is 11.5 Å². The van der Waals surface area contributed by atoms with Crippen molar-refractivity contribution in [3.05, 3.63) is 29.2 Å². The minimum atomic E-state index is 0.600. The van der Waals surface area contributed by atoms with Crippen molar-refractivity contribution in [1.82, 2.24) is 14.8 Å². The van der Waals surface area contributed by atoms with E-state index < -0.39 is 0 Å².